The zero-order chi connectivity index (χ0) is 13.0. The van der Waals surface area contributed by atoms with Gasteiger partial charge in [-0.15, -0.1) is 9.24 Å². The highest BCUT2D eigenvalue weighted by atomic mass is 31.0. The normalized spacial score (nSPS) is 37.4. The van der Waals surface area contributed by atoms with Gasteiger partial charge in [0.05, 0.1) is 6.10 Å². The maximum atomic E-state index is 12.4. The van der Waals surface area contributed by atoms with Crippen molar-refractivity contribution in [3.05, 3.63) is 0 Å². The Bertz CT molecular complexity index is 272. The van der Waals surface area contributed by atoms with Crippen LogP contribution in [0, 0.1) is 11.8 Å². The first-order valence-corrected chi connectivity index (χ1v) is 8.18. The second kappa shape index (κ2) is 7.01. The van der Waals surface area contributed by atoms with Crippen molar-refractivity contribution in [3.63, 3.8) is 0 Å². The van der Waals surface area contributed by atoms with E-state index < -0.39 is 0 Å². The first-order valence-electron chi connectivity index (χ1n) is 7.51. The summed E-state index contributed by atoms with van der Waals surface area (Å²) in [6.07, 6.45) is 10.6. The quantitative estimate of drug-likeness (QED) is 0.730. The van der Waals surface area contributed by atoms with Gasteiger partial charge in [-0.1, -0.05) is 12.8 Å². The van der Waals surface area contributed by atoms with Crippen LogP contribution >= 0.6 is 9.24 Å². The predicted molar refractivity (Wildman–Crippen MR) is 77.8 cm³/mol. The van der Waals surface area contributed by atoms with Gasteiger partial charge in [-0.05, 0) is 50.1 Å². The maximum Gasteiger partial charge on any atom is 0.136 e. The van der Waals surface area contributed by atoms with E-state index in [2.05, 4.69) is 9.24 Å². The monoisotopic (exact) mass is 270 g/mol. The third-order valence-electron chi connectivity index (χ3n) is 4.83. The number of rotatable bonds is 4. The highest BCUT2D eigenvalue weighted by Crippen LogP contribution is 2.34. The Morgan fingerprint density at radius 2 is 1.78 bits per heavy atom. The Morgan fingerprint density at radius 1 is 1.11 bits per heavy atom. The van der Waals surface area contributed by atoms with Crippen molar-refractivity contribution in [3.8, 4) is 0 Å². The van der Waals surface area contributed by atoms with E-state index in [0.717, 1.165) is 31.3 Å². The van der Waals surface area contributed by atoms with Gasteiger partial charge in [-0.25, -0.2) is 0 Å². The molecule has 3 atom stereocenters. The van der Waals surface area contributed by atoms with Crippen LogP contribution < -0.4 is 0 Å². The molecule has 2 fully saturated rings. The van der Waals surface area contributed by atoms with Gasteiger partial charge in [0.1, 0.15) is 5.78 Å². The summed E-state index contributed by atoms with van der Waals surface area (Å²) in [6, 6.07) is 0. The van der Waals surface area contributed by atoms with Crippen LogP contribution in [-0.2, 0) is 9.53 Å². The molecule has 2 saturated carbocycles. The summed E-state index contributed by atoms with van der Waals surface area (Å²) in [5.41, 5.74) is 0.746. The van der Waals surface area contributed by atoms with Gasteiger partial charge in [0.2, 0.25) is 0 Å². The SMILES string of the molecule is COC1CCCCC1CC(=O)C1CCC(P)CC1. The van der Waals surface area contributed by atoms with E-state index in [1.54, 1.807) is 7.11 Å². The van der Waals surface area contributed by atoms with Gasteiger partial charge in [-0.3, -0.25) is 4.79 Å². The Labute approximate surface area is 113 Å². The van der Waals surface area contributed by atoms with E-state index in [1.165, 1.54) is 32.1 Å². The number of hydrogen-bond donors (Lipinski definition) is 0. The Hall–Kier alpha value is 0.0600. The summed E-state index contributed by atoms with van der Waals surface area (Å²) in [5, 5.41) is 0. The van der Waals surface area contributed by atoms with Crippen LogP contribution in [0.3, 0.4) is 0 Å². The fourth-order valence-corrected chi connectivity index (χ4v) is 3.97. The van der Waals surface area contributed by atoms with Crippen LogP contribution in [0.15, 0.2) is 0 Å². The summed E-state index contributed by atoms with van der Waals surface area (Å²) in [4.78, 5) is 12.4. The van der Waals surface area contributed by atoms with Crippen molar-refractivity contribution in [2.45, 2.75) is 69.6 Å². The summed E-state index contributed by atoms with van der Waals surface area (Å²) in [6.45, 7) is 0. The second-order valence-corrected chi connectivity index (χ2v) is 7.04. The summed E-state index contributed by atoms with van der Waals surface area (Å²) in [7, 11) is 4.70. The summed E-state index contributed by atoms with van der Waals surface area (Å²) >= 11 is 0. The van der Waals surface area contributed by atoms with E-state index in [0.29, 0.717) is 23.7 Å². The number of carbonyl (C=O) groups excluding carboxylic acids is 1. The van der Waals surface area contributed by atoms with E-state index in [4.69, 9.17) is 4.74 Å². The van der Waals surface area contributed by atoms with Crippen LogP contribution in [0.5, 0.6) is 0 Å². The van der Waals surface area contributed by atoms with Crippen molar-refractivity contribution < 1.29 is 9.53 Å². The molecule has 0 saturated heterocycles. The van der Waals surface area contributed by atoms with E-state index in [9.17, 15) is 4.79 Å². The Morgan fingerprint density at radius 3 is 2.44 bits per heavy atom. The smallest absolute Gasteiger partial charge is 0.136 e. The second-order valence-electron chi connectivity index (χ2n) is 6.10. The zero-order valence-corrected chi connectivity index (χ0v) is 12.7. The molecule has 104 valence electrons. The molecule has 2 nitrogen and oxygen atoms in total. The summed E-state index contributed by atoms with van der Waals surface area (Å²) in [5.74, 6) is 1.35. The highest BCUT2D eigenvalue weighted by molar-refractivity contribution is 7.17. The van der Waals surface area contributed by atoms with Crippen LogP contribution in [0.25, 0.3) is 0 Å². The molecular formula is C15H27O2P. The zero-order valence-electron chi connectivity index (χ0n) is 11.6. The molecule has 0 amide bonds. The first kappa shape index (κ1) is 14.5. The van der Waals surface area contributed by atoms with Crippen molar-refractivity contribution in [1.82, 2.24) is 0 Å². The number of Topliss-reactive ketones (excluding diaryl/α,β-unsaturated/α-hetero) is 1. The standard InChI is InChI=1S/C15H27O2P/c1-17-15-5-3-2-4-12(15)10-14(16)11-6-8-13(18)9-7-11/h11-13,15H,2-10,18H2,1H3. The molecule has 0 heterocycles. The lowest BCUT2D eigenvalue weighted by atomic mass is 9.78. The minimum Gasteiger partial charge on any atom is -0.381 e. The molecule has 2 rings (SSSR count). The molecule has 3 heteroatoms. The number of methoxy groups -OCH3 is 1. The Balaban J connectivity index is 1.82. The van der Waals surface area contributed by atoms with Crippen LogP contribution in [0.2, 0.25) is 0 Å². The third kappa shape index (κ3) is 3.78. The highest BCUT2D eigenvalue weighted by Gasteiger charge is 2.31. The van der Waals surface area contributed by atoms with Gasteiger partial charge in [0.15, 0.2) is 0 Å². The predicted octanol–water partition coefficient (Wildman–Crippen LogP) is 3.58. The molecule has 2 aliphatic carbocycles. The number of ketones is 1. The van der Waals surface area contributed by atoms with Crippen molar-refractivity contribution >= 4 is 15.0 Å². The van der Waals surface area contributed by atoms with Crippen LogP contribution in [0.4, 0.5) is 0 Å². The molecule has 3 unspecified atom stereocenters. The maximum absolute atomic E-state index is 12.4. The van der Waals surface area contributed by atoms with Crippen molar-refractivity contribution in [1.29, 1.82) is 0 Å². The van der Waals surface area contributed by atoms with Crippen molar-refractivity contribution in [2.24, 2.45) is 11.8 Å². The molecule has 0 spiro atoms. The van der Waals surface area contributed by atoms with Crippen molar-refractivity contribution in [2.75, 3.05) is 7.11 Å². The molecule has 0 aliphatic heterocycles. The number of carbonyl (C=O) groups is 1. The molecular weight excluding hydrogens is 243 g/mol. The van der Waals surface area contributed by atoms with E-state index in [-0.39, 0.29) is 0 Å². The lowest BCUT2D eigenvalue weighted by molar-refractivity contribution is -0.126. The number of hydrogen-bond acceptors (Lipinski definition) is 2. The lowest BCUT2D eigenvalue weighted by Crippen LogP contribution is -2.31. The minimum absolute atomic E-state index is 0.334. The molecule has 0 bridgehead atoms. The molecule has 18 heavy (non-hydrogen) atoms. The average Bonchev–Trinajstić information content (AvgIpc) is 2.40. The van der Waals surface area contributed by atoms with Gasteiger partial charge < -0.3 is 4.74 Å². The topological polar surface area (TPSA) is 26.3 Å². The van der Waals surface area contributed by atoms with Crippen LogP contribution in [0.1, 0.15) is 57.8 Å². The third-order valence-corrected chi connectivity index (χ3v) is 5.50. The Kier molecular flexibility index (Phi) is 5.63. The van der Waals surface area contributed by atoms with Gasteiger partial charge in [-0.2, -0.15) is 0 Å². The first-order chi connectivity index (χ1) is 8.70. The minimum atomic E-state index is 0.334. The number of ether oxygens (including phenoxy) is 1. The lowest BCUT2D eigenvalue weighted by Gasteiger charge is -2.32. The summed E-state index contributed by atoms with van der Waals surface area (Å²) < 4.78 is 5.55. The molecule has 0 aromatic carbocycles. The largest absolute Gasteiger partial charge is 0.381 e. The van der Waals surface area contributed by atoms with E-state index in [1.807, 2.05) is 0 Å². The van der Waals surface area contributed by atoms with Crippen LogP contribution in [-0.4, -0.2) is 24.7 Å². The van der Waals surface area contributed by atoms with Gasteiger partial charge >= 0.3 is 0 Å². The van der Waals surface area contributed by atoms with Gasteiger partial charge in [0.25, 0.3) is 0 Å². The average molecular weight is 270 g/mol. The van der Waals surface area contributed by atoms with Gasteiger partial charge in [0, 0.05) is 19.4 Å². The fraction of sp³-hybridized carbons (Fsp3) is 0.933. The fourth-order valence-electron chi connectivity index (χ4n) is 3.58. The molecule has 0 N–H and O–H groups in total. The molecule has 0 radical (unpaired) electrons. The molecule has 2 aliphatic rings. The molecule has 0 aromatic rings. The molecule has 0 aromatic heterocycles. The van der Waals surface area contributed by atoms with E-state index >= 15 is 0 Å².